The fourth-order valence-electron chi connectivity index (χ4n) is 0. The summed E-state index contributed by atoms with van der Waals surface area (Å²) in [4.78, 5) is 0. The summed E-state index contributed by atoms with van der Waals surface area (Å²) in [6.07, 6.45) is 8.00. The first-order chi connectivity index (χ1) is 2.73. The van der Waals surface area contributed by atoms with Crippen molar-refractivity contribution in [2.24, 2.45) is 0 Å². The van der Waals surface area contributed by atoms with Crippen LogP contribution in [0.5, 0.6) is 0 Å². The first-order valence-electron chi connectivity index (χ1n) is 1.83. The van der Waals surface area contributed by atoms with Crippen LogP contribution in [0.4, 0.5) is 0 Å². The SMILES string of the molecule is C#C.C[Si-](C)C.[Li+]. The molecule has 0 nitrogen and oxygen atoms in total. The van der Waals surface area contributed by atoms with Gasteiger partial charge in [0, 0.05) is 0 Å². The van der Waals surface area contributed by atoms with Crippen molar-refractivity contribution in [1.29, 1.82) is 0 Å². The average molecular weight is 106 g/mol. The topological polar surface area (TPSA) is 0 Å². The zero-order chi connectivity index (χ0) is 5.58. The molecule has 0 aliphatic rings. The van der Waals surface area contributed by atoms with Gasteiger partial charge in [-0.3, -0.25) is 8.80 Å². The van der Waals surface area contributed by atoms with Crippen LogP contribution in [0.1, 0.15) is 0 Å². The van der Waals surface area contributed by atoms with Crippen molar-refractivity contribution >= 4 is 8.80 Å². The maximum atomic E-state index is 4.00. The van der Waals surface area contributed by atoms with Gasteiger partial charge in [-0.2, -0.15) is 19.6 Å². The minimum Gasteiger partial charge on any atom is -0.271 e. The van der Waals surface area contributed by atoms with Crippen LogP contribution in [0.25, 0.3) is 0 Å². The normalized spacial score (nSPS) is 5.43. The summed E-state index contributed by atoms with van der Waals surface area (Å²) in [7, 11) is 0.120. The fourth-order valence-corrected chi connectivity index (χ4v) is 0. The first kappa shape index (κ1) is 15.7. The van der Waals surface area contributed by atoms with Crippen LogP contribution in [0.3, 0.4) is 0 Å². The van der Waals surface area contributed by atoms with E-state index in [-0.39, 0.29) is 27.7 Å². The van der Waals surface area contributed by atoms with Crippen molar-refractivity contribution in [3.05, 3.63) is 0 Å². The molecule has 0 bridgehead atoms. The number of terminal acetylenes is 1. The van der Waals surface area contributed by atoms with Gasteiger partial charge < -0.3 is 0 Å². The van der Waals surface area contributed by atoms with Gasteiger partial charge in [0.2, 0.25) is 0 Å². The molecule has 0 saturated carbocycles. The molecule has 0 amide bonds. The number of rotatable bonds is 0. The van der Waals surface area contributed by atoms with Crippen molar-refractivity contribution in [2.45, 2.75) is 19.6 Å². The minimum absolute atomic E-state index is 0. The van der Waals surface area contributed by atoms with Gasteiger partial charge in [0.1, 0.15) is 0 Å². The molecule has 0 N–H and O–H groups in total. The van der Waals surface area contributed by atoms with E-state index in [0.717, 1.165) is 0 Å². The Kier molecular flexibility index (Phi) is 36.2. The molecule has 0 aliphatic carbocycles. The van der Waals surface area contributed by atoms with E-state index in [1.807, 2.05) is 0 Å². The summed E-state index contributed by atoms with van der Waals surface area (Å²) < 4.78 is 0. The van der Waals surface area contributed by atoms with Gasteiger partial charge in [-0.05, 0) is 0 Å². The molecule has 0 spiro atoms. The van der Waals surface area contributed by atoms with E-state index in [1.54, 1.807) is 0 Å². The van der Waals surface area contributed by atoms with Gasteiger partial charge in [-0.15, -0.1) is 12.8 Å². The Morgan fingerprint density at radius 3 is 1.00 bits per heavy atom. The summed E-state index contributed by atoms with van der Waals surface area (Å²) in [5.74, 6) is 0. The molecule has 0 aromatic heterocycles. The van der Waals surface area contributed by atoms with E-state index in [2.05, 4.69) is 32.5 Å². The second kappa shape index (κ2) is 16.2. The van der Waals surface area contributed by atoms with Gasteiger partial charge in [-0.25, -0.2) is 0 Å². The van der Waals surface area contributed by atoms with Crippen molar-refractivity contribution in [2.75, 3.05) is 0 Å². The molecule has 0 aromatic carbocycles. The summed E-state index contributed by atoms with van der Waals surface area (Å²) in [5, 5.41) is 0. The third kappa shape index (κ3) is 871. The maximum absolute atomic E-state index is 4.00. The predicted octanol–water partition coefficient (Wildman–Crippen LogP) is -1.38. The molecular weight excluding hydrogens is 95.1 g/mol. The Hall–Kier alpha value is 0.374. The standard InChI is InChI=1S/C3H9Si.C2H2.Li/c1-4(2)3;1-2;/h1-3H3;1-2H;/q-1;;+1. The quantitative estimate of drug-likeness (QED) is 0.264. The maximum Gasteiger partial charge on any atom is 1.00 e. The van der Waals surface area contributed by atoms with Gasteiger partial charge in [0.25, 0.3) is 0 Å². The second-order valence-electron chi connectivity index (χ2n) is 1.50. The monoisotopic (exact) mass is 106 g/mol. The van der Waals surface area contributed by atoms with Crippen LogP contribution in [0.15, 0.2) is 0 Å². The van der Waals surface area contributed by atoms with Gasteiger partial charge in [0.05, 0.1) is 0 Å². The Morgan fingerprint density at radius 1 is 1.00 bits per heavy atom. The van der Waals surface area contributed by atoms with Gasteiger partial charge >= 0.3 is 18.9 Å². The Bertz CT molecular complexity index is 29.6. The van der Waals surface area contributed by atoms with Gasteiger partial charge in [-0.1, -0.05) is 0 Å². The number of hydrogen-bond donors (Lipinski definition) is 0. The van der Waals surface area contributed by atoms with Crippen LogP contribution >= 0.6 is 0 Å². The Balaban J connectivity index is -0.0000000480. The van der Waals surface area contributed by atoms with E-state index in [4.69, 9.17) is 0 Å². The zero-order valence-corrected chi connectivity index (χ0v) is 6.65. The molecule has 0 aromatic rings. The van der Waals surface area contributed by atoms with Crippen molar-refractivity contribution in [3.8, 4) is 12.8 Å². The Labute approximate surface area is 60.5 Å². The molecule has 0 unspecified atom stereocenters. The zero-order valence-electron chi connectivity index (χ0n) is 5.65. The predicted molar refractivity (Wildman–Crippen MR) is 33.2 cm³/mol. The smallest absolute Gasteiger partial charge is 0.271 e. The summed E-state index contributed by atoms with van der Waals surface area (Å²) >= 11 is 0. The van der Waals surface area contributed by atoms with Gasteiger partial charge in [0.15, 0.2) is 0 Å². The van der Waals surface area contributed by atoms with E-state index in [1.165, 1.54) is 0 Å². The first-order valence-corrected chi connectivity index (χ1v) is 4.83. The summed E-state index contributed by atoms with van der Waals surface area (Å²) in [6, 6.07) is 0. The van der Waals surface area contributed by atoms with E-state index < -0.39 is 0 Å². The molecule has 7 heavy (non-hydrogen) atoms. The Morgan fingerprint density at radius 2 is 1.00 bits per heavy atom. The average Bonchev–Trinajstić information content (AvgIpc) is 1.41. The van der Waals surface area contributed by atoms with Crippen LogP contribution in [-0.2, 0) is 0 Å². The largest absolute Gasteiger partial charge is 1.00 e. The third-order valence-corrected chi connectivity index (χ3v) is 0. The van der Waals surface area contributed by atoms with Crippen LogP contribution < -0.4 is 18.9 Å². The second-order valence-corrected chi connectivity index (χ2v) is 4.50. The number of hydrogen-bond acceptors (Lipinski definition) is 0. The van der Waals surface area contributed by atoms with Crippen LogP contribution in [-0.4, -0.2) is 8.80 Å². The molecule has 0 saturated heterocycles. The molecule has 0 heterocycles. The summed E-state index contributed by atoms with van der Waals surface area (Å²) in [6.45, 7) is 6.81. The van der Waals surface area contributed by atoms with Crippen molar-refractivity contribution in [3.63, 3.8) is 0 Å². The molecule has 2 heteroatoms. The minimum atomic E-state index is 0. The van der Waals surface area contributed by atoms with E-state index >= 15 is 0 Å². The van der Waals surface area contributed by atoms with Crippen LogP contribution in [0, 0.1) is 12.8 Å². The molecule has 0 rings (SSSR count). The van der Waals surface area contributed by atoms with Crippen molar-refractivity contribution < 1.29 is 18.9 Å². The van der Waals surface area contributed by atoms with E-state index in [9.17, 15) is 0 Å². The molecule has 36 valence electrons. The summed E-state index contributed by atoms with van der Waals surface area (Å²) in [5.41, 5.74) is 0. The third-order valence-electron chi connectivity index (χ3n) is 0. The molecule has 0 atom stereocenters. The van der Waals surface area contributed by atoms with Crippen LogP contribution in [0.2, 0.25) is 19.6 Å². The molecule has 0 fully saturated rings. The molecular formula is C5H11LiSi. The molecule has 0 aliphatic heterocycles. The van der Waals surface area contributed by atoms with E-state index in [0.29, 0.717) is 0 Å². The van der Waals surface area contributed by atoms with Crippen molar-refractivity contribution in [1.82, 2.24) is 0 Å². The fraction of sp³-hybridized carbons (Fsp3) is 0.600. The molecule has 0 radical (unpaired) electrons.